The molecule has 0 unspecified atom stereocenters. The van der Waals surface area contributed by atoms with Gasteiger partial charge in [0.2, 0.25) is 0 Å². The van der Waals surface area contributed by atoms with Crippen LogP contribution in [0.1, 0.15) is 29.2 Å². The van der Waals surface area contributed by atoms with Gasteiger partial charge < -0.3 is 0 Å². The molecule has 0 N–H and O–H groups in total. The highest BCUT2D eigenvalue weighted by molar-refractivity contribution is 8.00. The lowest BCUT2D eigenvalue weighted by molar-refractivity contribution is 1.09. The van der Waals surface area contributed by atoms with E-state index >= 15 is 0 Å². The predicted molar refractivity (Wildman–Crippen MR) is 120 cm³/mol. The minimum atomic E-state index is 1.05. The van der Waals surface area contributed by atoms with Gasteiger partial charge in [-0.2, -0.15) is 0 Å². The first-order valence-electron chi connectivity index (χ1n) is 9.88. The first-order chi connectivity index (χ1) is 13.6. The largest absolute Gasteiger partial charge is 0.255 e. The van der Waals surface area contributed by atoms with Crippen molar-refractivity contribution in [3.8, 4) is 22.4 Å². The van der Waals surface area contributed by atoms with Crippen LogP contribution in [-0.4, -0.2) is 4.98 Å². The van der Waals surface area contributed by atoms with Crippen molar-refractivity contribution in [2.24, 2.45) is 0 Å². The maximum Gasteiger partial charge on any atom is 0.0850 e. The van der Waals surface area contributed by atoms with Crippen LogP contribution in [0, 0.1) is 20.8 Å². The summed E-state index contributed by atoms with van der Waals surface area (Å²) in [6.45, 7) is 8.87. The zero-order chi connectivity index (χ0) is 19.4. The molecule has 28 heavy (non-hydrogen) atoms. The third-order valence-electron chi connectivity index (χ3n) is 5.89. The number of nitrogens with zero attached hydrogens (tertiary/aromatic N) is 1. The number of hydrogen-bond acceptors (Lipinski definition) is 2. The minimum Gasteiger partial charge on any atom is -0.255 e. The zero-order valence-corrected chi connectivity index (χ0v) is 17.6. The minimum absolute atomic E-state index is 1.05. The lowest BCUT2D eigenvalue weighted by atomic mass is 9.92. The van der Waals surface area contributed by atoms with Crippen LogP contribution >= 0.6 is 11.8 Å². The molecule has 2 heterocycles. The number of rotatable bonds is 2. The van der Waals surface area contributed by atoms with Crippen molar-refractivity contribution < 1.29 is 0 Å². The van der Waals surface area contributed by atoms with Crippen molar-refractivity contribution >= 4 is 22.5 Å². The molecule has 1 aliphatic rings. The maximum absolute atomic E-state index is 4.89. The van der Waals surface area contributed by atoms with Crippen LogP contribution in [0.4, 0.5) is 0 Å². The molecule has 1 aromatic heterocycles. The Balaban J connectivity index is 1.84. The fourth-order valence-corrected chi connectivity index (χ4v) is 5.72. The van der Waals surface area contributed by atoms with Crippen LogP contribution in [0.3, 0.4) is 0 Å². The van der Waals surface area contributed by atoms with Gasteiger partial charge in [-0.05, 0) is 72.5 Å². The van der Waals surface area contributed by atoms with Crippen LogP contribution in [0.2, 0.25) is 0 Å². The summed E-state index contributed by atoms with van der Waals surface area (Å²) in [4.78, 5) is 7.54. The van der Waals surface area contributed by atoms with E-state index in [1.807, 2.05) is 18.0 Å². The molecule has 0 spiro atoms. The van der Waals surface area contributed by atoms with Crippen LogP contribution < -0.4 is 0 Å². The highest BCUT2D eigenvalue weighted by Crippen LogP contribution is 2.51. The smallest absolute Gasteiger partial charge is 0.0850 e. The Morgan fingerprint density at radius 1 is 0.857 bits per heavy atom. The second-order valence-corrected chi connectivity index (χ2v) is 8.72. The Kier molecular flexibility index (Phi) is 4.06. The highest BCUT2D eigenvalue weighted by atomic mass is 32.2. The van der Waals surface area contributed by atoms with Gasteiger partial charge in [-0.25, -0.2) is 0 Å². The zero-order valence-electron chi connectivity index (χ0n) is 16.8. The molecule has 1 nitrogen and oxygen atoms in total. The van der Waals surface area contributed by atoms with E-state index in [4.69, 9.17) is 4.98 Å². The van der Waals surface area contributed by atoms with E-state index < -0.39 is 0 Å². The summed E-state index contributed by atoms with van der Waals surface area (Å²) in [6.07, 6.45) is 3.02. The quantitative estimate of drug-likeness (QED) is 0.313. The van der Waals surface area contributed by atoms with Gasteiger partial charge >= 0.3 is 0 Å². The third kappa shape index (κ3) is 2.51. The highest BCUT2D eigenvalue weighted by Gasteiger charge is 2.24. The van der Waals surface area contributed by atoms with Crippen molar-refractivity contribution in [1.82, 2.24) is 4.98 Å². The Labute approximate surface area is 170 Å². The molecule has 0 amide bonds. The van der Waals surface area contributed by atoms with Crippen LogP contribution in [0.5, 0.6) is 0 Å². The molecule has 0 radical (unpaired) electrons. The van der Waals surface area contributed by atoms with Crippen molar-refractivity contribution in [3.63, 3.8) is 0 Å². The summed E-state index contributed by atoms with van der Waals surface area (Å²) in [5.74, 6) is 0. The molecule has 1 aliphatic heterocycles. The molecule has 3 aromatic carbocycles. The molecule has 138 valence electrons. The van der Waals surface area contributed by atoms with Crippen molar-refractivity contribution in [3.05, 3.63) is 77.0 Å². The van der Waals surface area contributed by atoms with E-state index in [-0.39, 0.29) is 0 Å². The third-order valence-corrected chi connectivity index (χ3v) is 7.24. The van der Waals surface area contributed by atoms with E-state index in [0.29, 0.717) is 0 Å². The molecule has 0 aliphatic carbocycles. The van der Waals surface area contributed by atoms with E-state index in [9.17, 15) is 0 Å². The van der Waals surface area contributed by atoms with Gasteiger partial charge in [-0.15, -0.1) is 0 Å². The van der Waals surface area contributed by atoms with Gasteiger partial charge in [0.05, 0.1) is 5.69 Å². The summed E-state index contributed by atoms with van der Waals surface area (Å²) < 4.78 is 0. The number of benzene rings is 3. The first-order valence-corrected chi connectivity index (χ1v) is 10.7. The molecule has 0 atom stereocenters. The van der Waals surface area contributed by atoms with Gasteiger partial charge in [-0.1, -0.05) is 60.6 Å². The Hall–Kier alpha value is -2.58. The lowest BCUT2D eigenvalue weighted by Crippen LogP contribution is -2.01. The Morgan fingerprint density at radius 2 is 1.71 bits per heavy atom. The maximum atomic E-state index is 4.89. The number of fused-ring (bicyclic) bond motifs is 2. The van der Waals surface area contributed by atoms with E-state index in [1.54, 1.807) is 0 Å². The molecule has 0 bridgehead atoms. The molecular formula is C26H23NS. The van der Waals surface area contributed by atoms with Gasteiger partial charge in [0.1, 0.15) is 0 Å². The summed E-state index contributed by atoms with van der Waals surface area (Å²) in [5, 5.41) is 2.70. The Morgan fingerprint density at radius 3 is 2.54 bits per heavy atom. The molecular weight excluding hydrogens is 358 g/mol. The van der Waals surface area contributed by atoms with Gasteiger partial charge in [-0.3, -0.25) is 4.98 Å². The first kappa shape index (κ1) is 17.5. The summed E-state index contributed by atoms with van der Waals surface area (Å²) in [7, 11) is 0. The summed E-state index contributed by atoms with van der Waals surface area (Å²) >= 11 is 1.89. The number of pyridine rings is 1. The van der Waals surface area contributed by atoms with Gasteiger partial charge in [0.15, 0.2) is 0 Å². The van der Waals surface area contributed by atoms with Crippen molar-refractivity contribution in [2.75, 3.05) is 0 Å². The summed E-state index contributed by atoms with van der Waals surface area (Å²) in [6, 6.07) is 17.9. The van der Waals surface area contributed by atoms with Crippen molar-refractivity contribution in [1.29, 1.82) is 0 Å². The van der Waals surface area contributed by atoms with Crippen LogP contribution in [-0.2, 0) is 6.42 Å². The SMILES string of the molecule is CCc1cc(C)cc(-c2nccc3c2Sc2c(C)ccc4cccc-3c24)c1C. The monoisotopic (exact) mass is 381 g/mol. The molecule has 0 saturated heterocycles. The van der Waals surface area contributed by atoms with Gasteiger partial charge in [0, 0.05) is 26.9 Å². The molecule has 0 fully saturated rings. The second kappa shape index (κ2) is 6.49. The standard InChI is InChI=1S/C26H23NS/c1-5-18-13-15(2)14-22(17(18)4)24-26-21(11-12-27-24)20-8-6-7-19-10-9-16(3)25(28-26)23(19)20/h6-14H,5H2,1-4H3. The van der Waals surface area contributed by atoms with E-state index in [2.05, 4.69) is 76.2 Å². The fourth-order valence-electron chi connectivity index (χ4n) is 4.41. The number of aryl methyl sites for hydroxylation is 3. The lowest BCUT2D eigenvalue weighted by Gasteiger charge is -2.24. The topological polar surface area (TPSA) is 12.9 Å². The molecule has 4 aromatic rings. The summed E-state index contributed by atoms with van der Waals surface area (Å²) in [5.41, 5.74) is 10.4. The second-order valence-electron chi connectivity index (χ2n) is 7.70. The van der Waals surface area contributed by atoms with Crippen LogP contribution in [0.25, 0.3) is 33.2 Å². The predicted octanol–water partition coefficient (Wildman–Crippen LogP) is 7.52. The van der Waals surface area contributed by atoms with Crippen LogP contribution in [0.15, 0.2) is 64.5 Å². The van der Waals surface area contributed by atoms with E-state index in [0.717, 1.165) is 12.1 Å². The number of hydrogen-bond donors (Lipinski definition) is 0. The number of aromatic nitrogens is 1. The average molecular weight is 382 g/mol. The fraction of sp³-hybridized carbons (Fsp3) is 0.192. The average Bonchev–Trinajstić information content (AvgIpc) is 2.71. The molecule has 2 heteroatoms. The molecule has 0 saturated carbocycles. The Bertz CT molecular complexity index is 1250. The van der Waals surface area contributed by atoms with Crippen molar-refractivity contribution in [2.45, 2.75) is 43.9 Å². The molecule has 5 rings (SSSR count). The van der Waals surface area contributed by atoms with Gasteiger partial charge in [0.25, 0.3) is 0 Å². The normalized spacial score (nSPS) is 12.3. The van der Waals surface area contributed by atoms with E-state index in [1.165, 1.54) is 59.5 Å².